The van der Waals surface area contributed by atoms with Gasteiger partial charge in [0.1, 0.15) is 0 Å². The van der Waals surface area contributed by atoms with E-state index in [0.717, 1.165) is 18.4 Å². The lowest BCUT2D eigenvalue weighted by Crippen LogP contribution is -2.11. The molecule has 29 heavy (non-hydrogen) atoms. The molecule has 0 unspecified atom stereocenters. The van der Waals surface area contributed by atoms with Crippen molar-refractivity contribution in [1.29, 1.82) is 0 Å². The monoisotopic (exact) mass is 409 g/mol. The van der Waals surface area contributed by atoms with Crippen molar-refractivity contribution in [3.8, 4) is 11.3 Å². The summed E-state index contributed by atoms with van der Waals surface area (Å²) in [5.41, 5.74) is 3.17. The Morgan fingerprint density at radius 3 is 2.45 bits per heavy atom. The van der Waals surface area contributed by atoms with E-state index in [1.807, 2.05) is 36.4 Å². The summed E-state index contributed by atoms with van der Waals surface area (Å²) in [5, 5.41) is 10.7. The largest absolute Gasteiger partial charge is 0.326 e. The highest BCUT2D eigenvalue weighted by Crippen LogP contribution is 2.21. The van der Waals surface area contributed by atoms with Crippen LogP contribution in [0, 0.1) is 0 Å². The van der Waals surface area contributed by atoms with E-state index in [1.165, 1.54) is 11.6 Å². The van der Waals surface area contributed by atoms with Gasteiger partial charge in [-0.05, 0) is 42.7 Å². The van der Waals surface area contributed by atoms with Crippen LogP contribution in [0.2, 0.25) is 0 Å². The van der Waals surface area contributed by atoms with Crippen molar-refractivity contribution in [3.05, 3.63) is 72.3 Å². The van der Waals surface area contributed by atoms with Crippen LogP contribution >= 0.6 is 0 Å². The molecule has 0 aliphatic carbocycles. The molecule has 7 heteroatoms. The van der Waals surface area contributed by atoms with E-state index in [2.05, 4.69) is 27.6 Å². The second kappa shape index (κ2) is 9.43. The molecule has 0 fully saturated rings. The van der Waals surface area contributed by atoms with Crippen molar-refractivity contribution in [1.82, 2.24) is 10.2 Å². The minimum Gasteiger partial charge on any atom is -0.326 e. The maximum Gasteiger partial charge on any atom is 0.224 e. The molecule has 0 radical (unpaired) electrons. The molecule has 0 bridgehead atoms. The summed E-state index contributed by atoms with van der Waals surface area (Å²) in [5.74, 6) is -0.0687. The van der Waals surface area contributed by atoms with Gasteiger partial charge in [0.25, 0.3) is 0 Å². The molecule has 1 aromatic heterocycles. The summed E-state index contributed by atoms with van der Waals surface area (Å²) in [4.78, 5) is 12.2. The van der Waals surface area contributed by atoms with E-state index in [-0.39, 0.29) is 16.7 Å². The smallest absolute Gasteiger partial charge is 0.224 e. The first kappa shape index (κ1) is 20.7. The number of amides is 1. The van der Waals surface area contributed by atoms with Crippen LogP contribution in [-0.2, 0) is 21.1 Å². The molecule has 0 spiro atoms. The van der Waals surface area contributed by atoms with Crippen molar-refractivity contribution in [2.24, 2.45) is 0 Å². The molecule has 0 aliphatic rings. The number of carbonyl (C=O) groups is 1. The molecule has 0 saturated carbocycles. The maximum atomic E-state index is 12.2. The first-order valence-corrected chi connectivity index (χ1v) is 11.1. The molecule has 0 atom stereocenters. The Bertz CT molecular complexity index is 1070. The normalized spacial score (nSPS) is 11.2. The summed E-state index contributed by atoms with van der Waals surface area (Å²) >= 11 is 0. The van der Waals surface area contributed by atoms with Gasteiger partial charge in [-0.25, -0.2) is 8.42 Å². The van der Waals surface area contributed by atoms with Crippen molar-refractivity contribution in [2.45, 2.75) is 31.2 Å². The lowest BCUT2D eigenvalue weighted by atomic mass is 10.1. The third-order valence-electron chi connectivity index (χ3n) is 4.49. The number of hydrogen-bond acceptors (Lipinski definition) is 5. The van der Waals surface area contributed by atoms with E-state index < -0.39 is 9.84 Å². The lowest BCUT2D eigenvalue weighted by molar-refractivity contribution is -0.116. The van der Waals surface area contributed by atoms with Gasteiger partial charge in [0, 0.05) is 17.7 Å². The molecule has 1 amide bonds. The minimum absolute atomic E-state index is 0.0210. The average molecular weight is 410 g/mol. The zero-order valence-electron chi connectivity index (χ0n) is 16.2. The Balaban J connectivity index is 1.61. The van der Waals surface area contributed by atoms with Crippen LogP contribution in [0.1, 0.15) is 25.3 Å². The predicted octanol–water partition coefficient (Wildman–Crippen LogP) is 3.90. The SMILES string of the molecule is CCS(=O)(=O)c1ccc(-c2cccc(NC(=O)CCCc3ccccc3)c2)nn1. The molecule has 3 rings (SSSR count). The Labute approximate surface area is 170 Å². The van der Waals surface area contributed by atoms with Crippen LogP contribution < -0.4 is 5.32 Å². The van der Waals surface area contributed by atoms with Gasteiger partial charge in [-0.15, -0.1) is 10.2 Å². The van der Waals surface area contributed by atoms with E-state index in [0.29, 0.717) is 17.8 Å². The van der Waals surface area contributed by atoms with Gasteiger partial charge in [0.2, 0.25) is 5.91 Å². The van der Waals surface area contributed by atoms with Crippen LogP contribution in [0.15, 0.2) is 71.8 Å². The fourth-order valence-electron chi connectivity index (χ4n) is 2.87. The average Bonchev–Trinajstić information content (AvgIpc) is 2.75. The van der Waals surface area contributed by atoms with Crippen LogP contribution in [0.4, 0.5) is 5.69 Å². The first-order valence-electron chi connectivity index (χ1n) is 9.48. The molecule has 150 valence electrons. The third kappa shape index (κ3) is 5.71. The number of nitrogens with one attached hydrogen (secondary N) is 1. The zero-order valence-corrected chi connectivity index (χ0v) is 17.0. The molecule has 3 aromatic rings. The Kier molecular flexibility index (Phi) is 6.72. The zero-order chi connectivity index (χ0) is 20.7. The van der Waals surface area contributed by atoms with Crippen molar-refractivity contribution in [3.63, 3.8) is 0 Å². The van der Waals surface area contributed by atoms with E-state index in [4.69, 9.17) is 0 Å². The van der Waals surface area contributed by atoms with Crippen LogP contribution in [-0.4, -0.2) is 30.3 Å². The quantitative estimate of drug-likeness (QED) is 0.609. The number of aromatic nitrogens is 2. The Morgan fingerprint density at radius 2 is 1.76 bits per heavy atom. The molecular formula is C22H23N3O3S. The first-order chi connectivity index (χ1) is 14.0. The molecule has 0 aliphatic heterocycles. The van der Waals surface area contributed by atoms with Crippen LogP contribution in [0.5, 0.6) is 0 Å². The van der Waals surface area contributed by atoms with E-state index in [1.54, 1.807) is 19.1 Å². The fraction of sp³-hybridized carbons (Fsp3) is 0.227. The number of hydrogen-bond donors (Lipinski definition) is 1. The molecular weight excluding hydrogens is 386 g/mol. The topological polar surface area (TPSA) is 89.0 Å². The highest BCUT2D eigenvalue weighted by atomic mass is 32.2. The van der Waals surface area contributed by atoms with Crippen molar-refractivity contribution >= 4 is 21.4 Å². The predicted molar refractivity (Wildman–Crippen MR) is 113 cm³/mol. The lowest BCUT2D eigenvalue weighted by Gasteiger charge is -2.08. The fourth-order valence-corrected chi connectivity index (χ4v) is 3.60. The van der Waals surface area contributed by atoms with Crippen LogP contribution in [0.25, 0.3) is 11.3 Å². The summed E-state index contributed by atoms with van der Waals surface area (Å²) < 4.78 is 23.7. The highest BCUT2D eigenvalue weighted by Gasteiger charge is 2.14. The molecule has 0 saturated heterocycles. The number of nitrogens with zero attached hydrogens (tertiary/aromatic N) is 2. The molecule has 2 aromatic carbocycles. The Morgan fingerprint density at radius 1 is 0.966 bits per heavy atom. The number of aryl methyl sites for hydroxylation is 1. The summed E-state index contributed by atoms with van der Waals surface area (Å²) in [6.07, 6.45) is 2.06. The molecule has 1 N–H and O–H groups in total. The summed E-state index contributed by atoms with van der Waals surface area (Å²) in [7, 11) is -3.38. The van der Waals surface area contributed by atoms with Gasteiger partial charge < -0.3 is 5.32 Å². The maximum absolute atomic E-state index is 12.2. The molecule has 6 nitrogen and oxygen atoms in total. The van der Waals surface area contributed by atoms with Gasteiger partial charge in [0.15, 0.2) is 14.9 Å². The number of carbonyl (C=O) groups excluding carboxylic acids is 1. The standard InChI is InChI=1S/C22H23N3O3S/c1-2-29(27,28)22-15-14-20(24-25-22)18-11-7-12-19(16-18)23-21(26)13-6-10-17-8-4-3-5-9-17/h3-5,7-9,11-12,14-16H,2,6,10,13H2,1H3,(H,23,26). The minimum atomic E-state index is -3.38. The summed E-state index contributed by atoms with van der Waals surface area (Å²) in [6.45, 7) is 1.57. The van der Waals surface area contributed by atoms with Crippen molar-refractivity contribution < 1.29 is 13.2 Å². The summed E-state index contributed by atoms with van der Waals surface area (Å²) in [6, 6.07) is 20.4. The number of rotatable bonds is 8. The van der Waals surface area contributed by atoms with E-state index >= 15 is 0 Å². The van der Waals surface area contributed by atoms with E-state index in [9.17, 15) is 13.2 Å². The van der Waals surface area contributed by atoms with Gasteiger partial charge in [-0.1, -0.05) is 49.4 Å². The second-order valence-corrected chi connectivity index (χ2v) is 8.85. The van der Waals surface area contributed by atoms with Crippen LogP contribution in [0.3, 0.4) is 0 Å². The third-order valence-corrected chi connectivity index (χ3v) is 6.11. The number of sulfone groups is 1. The second-order valence-electron chi connectivity index (χ2n) is 6.63. The van der Waals surface area contributed by atoms with Gasteiger partial charge >= 0.3 is 0 Å². The van der Waals surface area contributed by atoms with Crippen molar-refractivity contribution in [2.75, 3.05) is 11.1 Å². The Hall–Kier alpha value is -3.06. The van der Waals surface area contributed by atoms with Gasteiger partial charge in [0.05, 0.1) is 11.4 Å². The molecule has 1 heterocycles. The number of anilines is 1. The van der Waals surface area contributed by atoms with Gasteiger partial charge in [-0.2, -0.15) is 0 Å². The number of benzene rings is 2. The highest BCUT2D eigenvalue weighted by molar-refractivity contribution is 7.91. The van der Waals surface area contributed by atoms with Gasteiger partial charge in [-0.3, -0.25) is 4.79 Å².